The van der Waals surface area contributed by atoms with Crippen molar-refractivity contribution in [3.63, 3.8) is 0 Å². The normalized spacial score (nSPS) is 16.1. The van der Waals surface area contributed by atoms with Crippen LogP contribution in [0.25, 0.3) is 0 Å². The topological polar surface area (TPSA) is 81.6 Å². The highest BCUT2D eigenvalue weighted by molar-refractivity contribution is 5.99. The van der Waals surface area contributed by atoms with Crippen LogP contribution in [-0.4, -0.2) is 37.1 Å². The Morgan fingerprint density at radius 2 is 1.94 bits per heavy atom. The number of ether oxygens (including phenoxy) is 1. The fourth-order valence-corrected chi connectivity index (χ4v) is 1.71. The van der Waals surface area contributed by atoms with Crippen LogP contribution >= 0.6 is 0 Å². The van der Waals surface area contributed by atoms with Crippen molar-refractivity contribution >= 4 is 17.3 Å². The van der Waals surface area contributed by atoms with Gasteiger partial charge in [-0.1, -0.05) is 0 Å². The second kappa shape index (κ2) is 4.40. The lowest BCUT2D eigenvalue weighted by Crippen LogP contribution is -2.40. The molecular weight excluding hydrogens is 206 g/mol. The van der Waals surface area contributed by atoms with Gasteiger partial charge in [-0.15, -0.1) is 0 Å². The van der Waals surface area contributed by atoms with E-state index >= 15 is 0 Å². The van der Waals surface area contributed by atoms with Crippen LogP contribution in [0.3, 0.4) is 0 Å². The molecule has 0 atom stereocenters. The van der Waals surface area contributed by atoms with Gasteiger partial charge in [0, 0.05) is 24.5 Å². The molecule has 86 valence electrons. The Kier molecular flexibility index (Phi) is 2.96. The Hall–Kier alpha value is -1.75. The molecule has 0 unspecified atom stereocenters. The number of carbonyl (C=O) groups excluding carboxylic acids is 1. The maximum atomic E-state index is 12.1. The summed E-state index contributed by atoms with van der Waals surface area (Å²) in [7, 11) is 0. The number of morpholine rings is 1. The number of hydrogen-bond acceptors (Lipinski definition) is 4. The molecule has 16 heavy (non-hydrogen) atoms. The van der Waals surface area contributed by atoms with Crippen LogP contribution in [-0.2, 0) is 4.74 Å². The molecule has 5 nitrogen and oxygen atoms in total. The van der Waals surface area contributed by atoms with Crippen molar-refractivity contribution in [2.75, 3.05) is 37.8 Å². The minimum absolute atomic E-state index is 0.0548. The number of carbonyl (C=O) groups is 1. The summed E-state index contributed by atoms with van der Waals surface area (Å²) in [5.74, 6) is -0.0548. The van der Waals surface area contributed by atoms with Gasteiger partial charge in [0.15, 0.2) is 0 Å². The molecule has 1 saturated heterocycles. The minimum atomic E-state index is -0.0548. The van der Waals surface area contributed by atoms with E-state index in [9.17, 15) is 4.79 Å². The summed E-state index contributed by atoms with van der Waals surface area (Å²) >= 11 is 0. The fraction of sp³-hybridized carbons (Fsp3) is 0.364. The SMILES string of the molecule is Nc1ccc(C(=O)N2CCOCC2)c(N)c1. The van der Waals surface area contributed by atoms with E-state index in [1.54, 1.807) is 23.1 Å². The van der Waals surface area contributed by atoms with Crippen molar-refractivity contribution < 1.29 is 9.53 Å². The lowest BCUT2D eigenvalue weighted by molar-refractivity contribution is 0.0303. The van der Waals surface area contributed by atoms with Gasteiger partial charge in [0.25, 0.3) is 5.91 Å². The summed E-state index contributed by atoms with van der Waals surface area (Å²) in [5, 5.41) is 0. The predicted octanol–water partition coefficient (Wildman–Crippen LogP) is 0.323. The van der Waals surface area contributed by atoms with Crippen LogP contribution in [0.4, 0.5) is 11.4 Å². The molecule has 1 aromatic carbocycles. The van der Waals surface area contributed by atoms with Crippen LogP contribution in [0.2, 0.25) is 0 Å². The van der Waals surface area contributed by atoms with E-state index < -0.39 is 0 Å². The molecule has 1 aliphatic rings. The van der Waals surface area contributed by atoms with Crippen LogP contribution < -0.4 is 11.5 Å². The number of nitrogen functional groups attached to an aromatic ring is 2. The van der Waals surface area contributed by atoms with Gasteiger partial charge in [0.2, 0.25) is 0 Å². The summed E-state index contributed by atoms with van der Waals surface area (Å²) in [6.07, 6.45) is 0. The summed E-state index contributed by atoms with van der Waals surface area (Å²) in [4.78, 5) is 13.8. The Bertz CT molecular complexity index is 400. The number of hydrogen-bond donors (Lipinski definition) is 2. The zero-order valence-electron chi connectivity index (χ0n) is 8.98. The predicted molar refractivity (Wildman–Crippen MR) is 62.0 cm³/mol. The third-order valence-electron chi connectivity index (χ3n) is 2.60. The monoisotopic (exact) mass is 221 g/mol. The van der Waals surface area contributed by atoms with E-state index in [2.05, 4.69) is 0 Å². The Morgan fingerprint density at radius 1 is 1.25 bits per heavy atom. The van der Waals surface area contributed by atoms with Gasteiger partial charge >= 0.3 is 0 Å². The highest BCUT2D eigenvalue weighted by atomic mass is 16.5. The second-order valence-electron chi connectivity index (χ2n) is 3.75. The van der Waals surface area contributed by atoms with E-state index in [4.69, 9.17) is 16.2 Å². The lowest BCUT2D eigenvalue weighted by atomic mass is 10.1. The first-order valence-electron chi connectivity index (χ1n) is 5.20. The molecule has 1 aliphatic heterocycles. The molecule has 1 aromatic rings. The number of anilines is 2. The van der Waals surface area contributed by atoms with E-state index in [0.717, 1.165) is 0 Å². The van der Waals surface area contributed by atoms with Gasteiger partial charge in [-0.25, -0.2) is 0 Å². The summed E-state index contributed by atoms with van der Waals surface area (Å²) in [5.41, 5.74) is 12.9. The molecule has 0 spiro atoms. The maximum Gasteiger partial charge on any atom is 0.256 e. The zero-order valence-corrected chi connectivity index (χ0v) is 8.98. The van der Waals surface area contributed by atoms with Crippen molar-refractivity contribution in [1.82, 2.24) is 4.90 Å². The Balaban J connectivity index is 2.19. The van der Waals surface area contributed by atoms with Gasteiger partial charge in [0.05, 0.1) is 18.8 Å². The molecule has 1 heterocycles. The number of nitrogens with two attached hydrogens (primary N) is 2. The van der Waals surface area contributed by atoms with Gasteiger partial charge in [-0.2, -0.15) is 0 Å². The van der Waals surface area contributed by atoms with Crippen molar-refractivity contribution in [2.24, 2.45) is 0 Å². The molecule has 0 aromatic heterocycles. The molecule has 4 N–H and O–H groups in total. The van der Waals surface area contributed by atoms with Crippen LogP contribution in [0.1, 0.15) is 10.4 Å². The molecule has 5 heteroatoms. The van der Waals surface area contributed by atoms with E-state index in [1.165, 1.54) is 0 Å². The zero-order chi connectivity index (χ0) is 11.5. The minimum Gasteiger partial charge on any atom is -0.399 e. The van der Waals surface area contributed by atoms with Crippen LogP contribution in [0.5, 0.6) is 0 Å². The largest absolute Gasteiger partial charge is 0.399 e. The molecule has 0 aliphatic carbocycles. The van der Waals surface area contributed by atoms with E-state index in [0.29, 0.717) is 43.2 Å². The Labute approximate surface area is 94.0 Å². The number of benzene rings is 1. The molecule has 1 amide bonds. The third-order valence-corrected chi connectivity index (χ3v) is 2.60. The highest BCUT2D eigenvalue weighted by Gasteiger charge is 2.20. The Morgan fingerprint density at radius 3 is 2.56 bits per heavy atom. The fourth-order valence-electron chi connectivity index (χ4n) is 1.71. The van der Waals surface area contributed by atoms with Crippen molar-refractivity contribution in [1.29, 1.82) is 0 Å². The van der Waals surface area contributed by atoms with Crippen LogP contribution in [0, 0.1) is 0 Å². The van der Waals surface area contributed by atoms with Gasteiger partial charge in [0.1, 0.15) is 0 Å². The summed E-state index contributed by atoms with van der Waals surface area (Å²) in [6, 6.07) is 4.96. The van der Waals surface area contributed by atoms with Gasteiger partial charge in [-0.3, -0.25) is 4.79 Å². The number of rotatable bonds is 1. The second-order valence-corrected chi connectivity index (χ2v) is 3.75. The van der Waals surface area contributed by atoms with Gasteiger partial charge < -0.3 is 21.1 Å². The standard InChI is InChI=1S/C11H15N3O2/c12-8-1-2-9(10(13)7-8)11(15)14-3-5-16-6-4-14/h1-2,7H,3-6,12-13H2. The average Bonchev–Trinajstić information content (AvgIpc) is 2.29. The summed E-state index contributed by atoms with van der Waals surface area (Å²) in [6.45, 7) is 2.40. The van der Waals surface area contributed by atoms with Crippen LogP contribution in [0.15, 0.2) is 18.2 Å². The average molecular weight is 221 g/mol. The van der Waals surface area contributed by atoms with Crippen molar-refractivity contribution in [2.45, 2.75) is 0 Å². The highest BCUT2D eigenvalue weighted by Crippen LogP contribution is 2.18. The smallest absolute Gasteiger partial charge is 0.256 e. The molecule has 0 saturated carbocycles. The van der Waals surface area contributed by atoms with Gasteiger partial charge in [-0.05, 0) is 18.2 Å². The number of amides is 1. The summed E-state index contributed by atoms with van der Waals surface area (Å²) < 4.78 is 5.19. The van der Waals surface area contributed by atoms with Crippen molar-refractivity contribution in [3.8, 4) is 0 Å². The first kappa shape index (κ1) is 10.8. The quantitative estimate of drug-likeness (QED) is 0.669. The molecule has 1 fully saturated rings. The first-order chi connectivity index (χ1) is 7.68. The molecule has 2 rings (SSSR count). The third kappa shape index (κ3) is 2.09. The van der Waals surface area contributed by atoms with E-state index in [1.807, 2.05) is 0 Å². The molecule has 0 radical (unpaired) electrons. The van der Waals surface area contributed by atoms with E-state index in [-0.39, 0.29) is 5.91 Å². The number of nitrogens with zero attached hydrogens (tertiary/aromatic N) is 1. The lowest BCUT2D eigenvalue weighted by Gasteiger charge is -2.27. The first-order valence-corrected chi connectivity index (χ1v) is 5.20. The van der Waals surface area contributed by atoms with Crippen molar-refractivity contribution in [3.05, 3.63) is 23.8 Å². The molecule has 0 bridgehead atoms. The molecular formula is C11H15N3O2. The maximum absolute atomic E-state index is 12.1.